The van der Waals surface area contributed by atoms with E-state index >= 15 is 0 Å². The lowest BCUT2D eigenvalue weighted by molar-refractivity contribution is 0.167. The number of fused-ring (bicyclic) bond motifs is 1. The van der Waals surface area contributed by atoms with Gasteiger partial charge in [0.25, 0.3) is 0 Å². The number of β-amino-alcohol motifs (C(OH)–C–C–N with tert-alkyl or cyclic N) is 1. The normalized spacial score (nSPS) is 19.9. The first-order valence-corrected chi connectivity index (χ1v) is 6.83. The molecular weight excluding hydrogens is 238 g/mol. The van der Waals surface area contributed by atoms with Gasteiger partial charge in [0, 0.05) is 19.6 Å². The van der Waals surface area contributed by atoms with Crippen molar-refractivity contribution in [2.24, 2.45) is 0 Å². The summed E-state index contributed by atoms with van der Waals surface area (Å²) >= 11 is 0. The summed E-state index contributed by atoms with van der Waals surface area (Å²) in [5.74, 6) is 0.915. The number of hydrogen-bond donors (Lipinski definition) is 1. The fourth-order valence-electron chi connectivity index (χ4n) is 2.57. The molecule has 1 aliphatic heterocycles. The first kappa shape index (κ1) is 12.5. The first-order chi connectivity index (χ1) is 9.31. The Morgan fingerprint density at radius 3 is 2.79 bits per heavy atom. The van der Waals surface area contributed by atoms with Gasteiger partial charge in [0.1, 0.15) is 12.4 Å². The van der Waals surface area contributed by atoms with Crippen molar-refractivity contribution in [1.29, 1.82) is 0 Å². The Morgan fingerprint density at radius 1 is 1.16 bits per heavy atom. The van der Waals surface area contributed by atoms with Crippen LogP contribution in [-0.4, -0.2) is 42.4 Å². The van der Waals surface area contributed by atoms with Crippen LogP contribution in [-0.2, 0) is 0 Å². The molecule has 1 saturated heterocycles. The number of hydrogen-bond acceptors (Lipinski definition) is 3. The molecule has 19 heavy (non-hydrogen) atoms. The first-order valence-electron chi connectivity index (χ1n) is 6.83. The molecule has 1 fully saturated rings. The molecule has 3 rings (SSSR count). The van der Waals surface area contributed by atoms with Crippen molar-refractivity contribution in [3.63, 3.8) is 0 Å². The zero-order chi connectivity index (χ0) is 13.1. The Morgan fingerprint density at radius 2 is 2.00 bits per heavy atom. The number of ether oxygens (including phenoxy) is 1. The number of nitrogens with zero attached hydrogens (tertiary/aromatic N) is 1. The molecule has 0 aliphatic carbocycles. The molecule has 3 heteroatoms. The van der Waals surface area contributed by atoms with Crippen LogP contribution < -0.4 is 4.74 Å². The maximum atomic E-state index is 9.45. The van der Waals surface area contributed by atoms with E-state index in [1.165, 1.54) is 10.8 Å². The minimum absolute atomic E-state index is 0.152. The van der Waals surface area contributed by atoms with Crippen LogP contribution >= 0.6 is 0 Å². The summed E-state index contributed by atoms with van der Waals surface area (Å²) in [7, 11) is 0. The smallest absolute Gasteiger partial charge is 0.120 e. The maximum absolute atomic E-state index is 9.45. The van der Waals surface area contributed by atoms with E-state index in [4.69, 9.17) is 4.74 Å². The number of aliphatic hydroxyl groups excluding tert-OH is 1. The topological polar surface area (TPSA) is 32.7 Å². The Labute approximate surface area is 113 Å². The molecule has 1 N–H and O–H groups in total. The van der Waals surface area contributed by atoms with Gasteiger partial charge in [-0.25, -0.2) is 0 Å². The summed E-state index contributed by atoms with van der Waals surface area (Å²) < 4.78 is 5.79. The standard InChI is InChI=1S/C16H19NO2/c18-15-7-8-17(12-15)9-10-19-16-6-5-13-3-1-2-4-14(13)11-16/h1-6,11,15,18H,7-10,12H2/t15-/m1/s1. The van der Waals surface area contributed by atoms with Crippen LogP contribution in [0.4, 0.5) is 0 Å². The van der Waals surface area contributed by atoms with E-state index in [0.717, 1.165) is 31.8 Å². The quantitative estimate of drug-likeness (QED) is 0.912. The van der Waals surface area contributed by atoms with Crippen molar-refractivity contribution in [2.75, 3.05) is 26.2 Å². The van der Waals surface area contributed by atoms with Crippen LogP contribution in [0.5, 0.6) is 5.75 Å². The van der Waals surface area contributed by atoms with E-state index in [-0.39, 0.29) is 6.10 Å². The van der Waals surface area contributed by atoms with Gasteiger partial charge in [0.2, 0.25) is 0 Å². The van der Waals surface area contributed by atoms with Gasteiger partial charge in [-0.3, -0.25) is 4.90 Å². The molecule has 1 atom stereocenters. The third-order valence-corrected chi connectivity index (χ3v) is 3.64. The lowest BCUT2D eigenvalue weighted by atomic mass is 10.1. The van der Waals surface area contributed by atoms with Crippen LogP contribution in [0.1, 0.15) is 6.42 Å². The highest BCUT2D eigenvalue weighted by Crippen LogP contribution is 2.20. The zero-order valence-electron chi connectivity index (χ0n) is 11.0. The Kier molecular flexibility index (Phi) is 3.67. The fraction of sp³-hybridized carbons (Fsp3) is 0.375. The molecule has 0 unspecified atom stereocenters. The summed E-state index contributed by atoms with van der Waals surface area (Å²) in [6, 6.07) is 14.5. The lowest BCUT2D eigenvalue weighted by Crippen LogP contribution is -2.27. The van der Waals surface area contributed by atoms with E-state index in [1.54, 1.807) is 0 Å². The van der Waals surface area contributed by atoms with E-state index in [9.17, 15) is 5.11 Å². The molecule has 0 amide bonds. The molecule has 100 valence electrons. The zero-order valence-corrected chi connectivity index (χ0v) is 11.0. The molecule has 0 spiro atoms. The SMILES string of the molecule is O[C@@H]1CCN(CCOc2ccc3ccccc3c2)C1. The Balaban J connectivity index is 1.56. The highest BCUT2D eigenvalue weighted by atomic mass is 16.5. The van der Waals surface area contributed by atoms with Crippen LogP contribution in [0.3, 0.4) is 0 Å². The third-order valence-electron chi connectivity index (χ3n) is 3.64. The largest absolute Gasteiger partial charge is 0.492 e. The average molecular weight is 257 g/mol. The van der Waals surface area contributed by atoms with E-state index in [2.05, 4.69) is 29.2 Å². The second-order valence-corrected chi connectivity index (χ2v) is 5.10. The van der Waals surface area contributed by atoms with E-state index < -0.39 is 0 Å². The van der Waals surface area contributed by atoms with E-state index in [1.807, 2.05) is 18.2 Å². The molecular formula is C16H19NO2. The Bertz CT molecular complexity index is 555. The highest BCUT2D eigenvalue weighted by molar-refractivity contribution is 5.83. The van der Waals surface area contributed by atoms with Crippen molar-refractivity contribution >= 4 is 10.8 Å². The van der Waals surface area contributed by atoms with Gasteiger partial charge in [-0.2, -0.15) is 0 Å². The van der Waals surface area contributed by atoms with Crippen molar-refractivity contribution in [3.05, 3.63) is 42.5 Å². The van der Waals surface area contributed by atoms with Gasteiger partial charge < -0.3 is 9.84 Å². The predicted octanol–water partition coefficient (Wildman–Crippen LogP) is 2.29. The second-order valence-electron chi connectivity index (χ2n) is 5.10. The Hall–Kier alpha value is -1.58. The second kappa shape index (κ2) is 5.59. The van der Waals surface area contributed by atoms with Crippen LogP contribution in [0, 0.1) is 0 Å². The lowest BCUT2D eigenvalue weighted by Gasteiger charge is -2.15. The van der Waals surface area contributed by atoms with Crippen molar-refractivity contribution in [3.8, 4) is 5.75 Å². The van der Waals surface area contributed by atoms with Gasteiger partial charge in [0.15, 0.2) is 0 Å². The molecule has 0 aromatic heterocycles. The summed E-state index contributed by atoms with van der Waals surface area (Å²) in [4.78, 5) is 2.24. The average Bonchev–Trinajstić information content (AvgIpc) is 2.84. The van der Waals surface area contributed by atoms with Crippen molar-refractivity contribution in [2.45, 2.75) is 12.5 Å². The molecule has 2 aromatic rings. The van der Waals surface area contributed by atoms with Crippen molar-refractivity contribution in [1.82, 2.24) is 4.90 Å². The minimum atomic E-state index is -0.152. The van der Waals surface area contributed by atoms with E-state index in [0.29, 0.717) is 6.61 Å². The summed E-state index contributed by atoms with van der Waals surface area (Å²) in [5.41, 5.74) is 0. The molecule has 0 saturated carbocycles. The van der Waals surface area contributed by atoms with Crippen molar-refractivity contribution < 1.29 is 9.84 Å². The van der Waals surface area contributed by atoms with Crippen LogP contribution in [0.15, 0.2) is 42.5 Å². The summed E-state index contributed by atoms with van der Waals surface area (Å²) in [5, 5.41) is 11.9. The number of rotatable bonds is 4. The molecule has 2 aromatic carbocycles. The molecule has 0 bridgehead atoms. The third kappa shape index (κ3) is 3.06. The highest BCUT2D eigenvalue weighted by Gasteiger charge is 2.19. The predicted molar refractivity (Wildman–Crippen MR) is 76.5 cm³/mol. The van der Waals surface area contributed by atoms with Crippen LogP contribution in [0.2, 0.25) is 0 Å². The monoisotopic (exact) mass is 257 g/mol. The van der Waals surface area contributed by atoms with Gasteiger partial charge in [-0.1, -0.05) is 30.3 Å². The van der Waals surface area contributed by atoms with Crippen LogP contribution in [0.25, 0.3) is 10.8 Å². The minimum Gasteiger partial charge on any atom is -0.492 e. The number of likely N-dealkylation sites (tertiary alicyclic amines) is 1. The summed E-state index contributed by atoms with van der Waals surface area (Å²) in [6.07, 6.45) is 0.733. The summed E-state index contributed by atoms with van der Waals surface area (Å²) in [6.45, 7) is 3.30. The van der Waals surface area contributed by atoms with Gasteiger partial charge in [-0.15, -0.1) is 0 Å². The number of aliphatic hydroxyl groups is 1. The molecule has 3 nitrogen and oxygen atoms in total. The maximum Gasteiger partial charge on any atom is 0.120 e. The van der Waals surface area contributed by atoms with Gasteiger partial charge >= 0.3 is 0 Å². The molecule has 1 heterocycles. The van der Waals surface area contributed by atoms with Gasteiger partial charge in [-0.05, 0) is 29.3 Å². The molecule has 0 radical (unpaired) electrons. The fourth-order valence-corrected chi connectivity index (χ4v) is 2.57. The van der Waals surface area contributed by atoms with Gasteiger partial charge in [0.05, 0.1) is 6.10 Å². The molecule has 1 aliphatic rings. The number of benzene rings is 2.